The molecule has 1 heterocycles. The van der Waals surface area contributed by atoms with Crippen LogP contribution in [0.25, 0.3) is 0 Å². The molecule has 0 amide bonds. The van der Waals surface area contributed by atoms with Crippen LogP contribution in [0, 0.1) is 5.41 Å². The quantitative estimate of drug-likeness (QED) is 0.658. The second kappa shape index (κ2) is 5.66. The minimum Gasteiger partial charge on any atom is -0.396 e. The first-order chi connectivity index (χ1) is 6.72. The maximum Gasteiger partial charge on any atom is 0.0589 e. The Balaban J connectivity index is 2.32. The minimum atomic E-state index is -0.0392. The first-order valence-corrected chi connectivity index (χ1v) is 5.08. The van der Waals surface area contributed by atoms with E-state index in [1.807, 2.05) is 0 Å². The molecule has 0 saturated carbocycles. The molecule has 1 fully saturated rings. The molecule has 4 heteroatoms. The zero-order valence-electron chi connectivity index (χ0n) is 9.16. The van der Waals surface area contributed by atoms with Gasteiger partial charge in [-0.05, 0) is 13.5 Å². The highest BCUT2D eigenvalue weighted by Crippen LogP contribution is 2.28. The molecule has 14 heavy (non-hydrogen) atoms. The van der Waals surface area contributed by atoms with Crippen LogP contribution >= 0.6 is 0 Å². The number of likely N-dealkylation sites (N-methyl/N-ethyl adjacent to an activating group) is 1. The van der Waals surface area contributed by atoms with E-state index in [9.17, 15) is 5.11 Å². The molecular weight excluding hydrogens is 182 g/mol. The highest BCUT2D eigenvalue weighted by atomic mass is 16.5. The van der Waals surface area contributed by atoms with Crippen LogP contribution in [0.5, 0.6) is 0 Å². The van der Waals surface area contributed by atoms with Crippen LogP contribution in [0.4, 0.5) is 0 Å². The van der Waals surface area contributed by atoms with E-state index >= 15 is 0 Å². The summed E-state index contributed by atoms with van der Waals surface area (Å²) in [4.78, 5) is 2.19. The smallest absolute Gasteiger partial charge is 0.0589 e. The van der Waals surface area contributed by atoms with Crippen LogP contribution in [-0.2, 0) is 9.47 Å². The van der Waals surface area contributed by atoms with Crippen molar-refractivity contribution in [1.29, 1.82) is 0 Å². The van der Waals surface area contributed by atoms with Crippen molar-refractivity contribution in [3.63, 3.8) is 0 Å². The maximum atomic E-state index is 9.35. The second-order valence-corrected chi connectivity index (χ2v) is 4.19. The van der Waals surface area contributed by atoms with Gasteiger partial charge >= 0.3 is 0 Å². The molecule has 0 aromatic rings. The Hall–Kier alpha value is -0.160. The van der Waals surface area contributed by atoms with Gasteiger partial charge in [-0.25, -0.2) is 0 Å². The molecule has 1 aliphatic heterocycles. The zero-order chi connectivity index (χ0) is 10.4. The summed E-state index contributed by atoms with van der Waals surface area (Å²) in [5.74, 6) is 0. The van der Waals surface area contributed by atoms with Crippen LogP contribution in [0.1, 0.15) is 6.42 Å². The third-order valence-corrected chi connectivity index (χ3v) is 2.80. The maximum absolute atomic E-state index is 9.35. The van der Waals surface area contributed by atoms with E-state index in [2.05, 4.69) is 11.9 Å². The predicted octanol–water partition coefficient (Wildman–Crippen LogP) is -0.0364. The van der Waals surface area contributed by atoms with Gasteiger partial charge in [-0.15, -0.1) is 0 Å². The molecule has 0 aromatic carbocycles. The highest BCUT2D eigenvalue weighted by Gasteiger charge is 2.35. The number of aliphatic hydroxyl groups excluding tert-OH is 1. The highest BCUT2D eigenvalue weighted by molar-refractivity contribution is 4.85. The summed E-state index contributed by atoms with van der Waals surface area (Å²) in [6.45, 7) is 4.19. The van der Waals surface area contributed by atoms with Gasteiger partial charge in [-0.3, -0.25) is 0 Å². The predicted molar refractivity (Wildman–Crippen MR) is 54.3 cm³/mol. The number of ether oxygens (including phenoxy) is 2. The lowest BCUT2D eigenvalue weighted by Crippen LogP contribution is -2.40. The van der Waals surface area contributed by atoms with Crippen molar-refractivity contribution in [2.24, 2.45) is 5.41 Å². The van der Waals surface area contributed by atoms with E-state index < -0.39 is 0 Å². The van der Waals surface area contributed by atoms with E-state index in [1.54, 1.807) is 7.11 Å². The van der Waals surface area contributed by atoms with Crippen LogP contribution in [0.15, 0.2) is 0 Å². The van der Waals surface area contributed by atoms with Crippen LogP contribution in [0.3, 0.4) is 0 Å². The average molecular weight is 203 g/mol. The number of hydrogen-bond acceptors (Lipinski definition) is 4. The zero-order valence-corrected chi connectivity index (χ0v) is 9.16. The average Bonchev–Trinajstić information content (AvgIpc) is 2.64. The number of nitrogens with zero attached hydrogens (tertiary/aromatic N) is 1. The molecule has 84 valence electrons. The lowest BCUT2D eigenvalue weighted by atomic mass is 9.88. The largest absolute Gasteiger partial charge is 0.396 e. The van der Waals surface area contributed by atoms with Crippen LogP contribution < -0.4 is 0 Å². The normalized spacial score (nSPS) is 27.4. The number of aliphatic hydroxyl groups is 1. The SMILES string of the molecule is COCCN(C)CC1(CO)CCOC1. The molecular formula is C10H21NO3. The third-order valence-electron chi connectivity index (χ3n) is 2.80. The van der Waals surface area contributed by atoms with Gasteiger partial charge in [-0.2, -0.15) is 0 Å². The molecule has 0 radical (unpaired) electrons. The minimum absolute atomic E-state index is 0.0392. The molecule has 0 aliphatic carbocycles. The van der Waals surface area contributed by atoms with E-state index in [0.29, 0.717) is 6.61 Å². The van der Waals surface area contributed by atoms with Crippen molar-refractivity contribution in [3.8, 4) is 0 Å². The fourth-order valence-electron chi connectivity index (χ4n) is 1.85. The summed E-state index contributed by atoms with van der Waals surface area (Å²) >= 11 is 0. The van der Waals surface area contributed by atoms with E-state index in [4.69, 9.17) is 9.47 Å². The van der Waals surface area contributed by atoms with E-state index in [-0.39, 0.29) is 12.0 Å². The lowest BCUT2D eigenvalue weighted by molar-refractivity contribution is 0.0560. The van der Waals surface area contributed by atoms with Crippen molar-refractivity contribution < 1.29 is 14.6 Å². The standard InChI is InChI=1S/C10H21NO3/c1-11(4-6-13-2)7-10(8-12)3-5-14-9-10/h12H,3-9H2,1-2H3. The Morgan fingerprint density at radius 2 is 2.36 bits per heavy atom. The Bertz CT molecular complexity index is 157. The van der Waals surface area contributed by atoms with Gasteiger partial charge in [-0.1, -0.05) is 0 Å². The third kappa shape index (κ3) is 3.20. The second-order valence-electron chi connectivity index (χ2n) is 4.19. The number of methoxy groups -OCH3 is 1. The monoisotopic (exact) mass is 203 g/mol. The summed E-state index contributed by atoms with van der Waals surface area (Å²) in [6, 6.07) is 0. The molecule has 1 N–H and O–H groups in total. The Morgan fingerprint density at radius 3 is 2.86 bits per heavy atom. The van der Waals surface area contributed by atoms with Crippen molar-refractivity contribution in [2.45, 2.75) is 6.42 Å². The molecule has 1 unspecified atom stereocenters. The molecule has 1 rings (SSSR count). The van der Waals surface area contributed by atoms with E-state index in [1.165, 1.54) is 0 Å². The molecule has 1 aliphatic rings. The van der Waals surface area contributed by atoms with Crippen molar-refractivity contribution >= 4 is 0 Å². The first kappa shape index (κ1) is 11.9. The van der Waals surface area contributed by atoms with Gasteiger partial charge in [0.05, 0.1) is 19.8 Å². The summed E-state index contributed by atoms with van der Waals surface area (Å²) in [5, 5.41) is 9.35. The summed E-state index contributed by atoms with van der Waals surface area (Å²) in [6.07, 6.45) is 0.959. The van der Waals surface area contributed by atoms with Gasteiger partial charge in [0.1, 0.15) is 0 Å². The topological polar surface area (TPSA) is 41.9 Å². The number of hydrogen-bond donors (Lipinski definition) is 1. The number of rotatable bonds is 6. The molecule has 4 nitrogen and oxygen atoms in total. The van der Waals surface area contributed by atoms with Crippen LogP contribution in [-0.4, -0.2) is 63.7 Å². The molecule has 1 saturated heterocycles. The van der Waals surface area contributed by atoms with Gasteiger partial charge < -0.3 is 19.5 Å². The van der Waals surface area contributed by atoms with Crippen molar-refractivity contribution in [2.75, 3.05) is 53.7 Å². The lowest BCUT2D eigenvalue weighted by Gasteiger charge is -2.30. The van der Waals surface area contributed by atoms with Crippen molar-refractivity contribution in [1.82, 2.24) is 4.90 Å². The summed E-state index contributed by atoms with van der Waals surface area (Å²) in [7, 11) is 3.75. The van der Waals surface area contributed by atoms with Gasteiger partial charge in [0, 0.05) is 32.2 Å². The molecule has 0 aromatic heterocycles. The first-order valence-electron chi connectivity index (χ1n) is 5.08. The summed E-state index contributed by atoms with van der Waals surface area (Å²) in [5.41, 5.74) is -0.0392. The molecule has 0 spiro atoms. The molecule has 1 atom stereocenters. The van der Waals surface area contributed by atoms with E-state index in [0.717, 1.165) is 32.7 Å². The summed E-state index contributed by atoms with van der Waals surface area (Å²) < 4.78 is 10.3. The Kier molecular flexibility index (Phi) is 4.81. The molecule has 0 bridgehead atoms. The Morgan fingerprint density at radius 1 is 1.57 bits per heavy atom. The van der Waals surface area contributed by atoms with Crippen molar-refractivity contribution in [3.05, 3.63) is 0 Å². The van der Waals surface area contributed by atoms with Gasteiger partial charge in [0.2, 0.25) is 0 Å². The fraction of sp³-hybridized carbons (Fsp3) is 1.00. The Labute approximate surface area is 85.8 Å². The van der Waals surface area contributed by atoms with Gasteiger partial charge in [0.15, 0.2) is 0 Å². The van der Waals surface area contributed by atoms with Crippen LogP contribution in [0.2, 0.25) is 0 Å². The van der Waals surface area contributed by atoms with Gasteiger partial charge in [0.25, 0.3) is 0 Å². The fourth-order valence-corrected chi connectivity index (χ4v) is 1.85.